The minimum absolute atomic E-state index is 0.0790. The number of nitrogens with zero attached hydrogens (tertiary/aromatic N) is 1. The SMILES string of the molecule is CCCCCCC[C@@H](O)CN1CCCC1. The second-order valence-corrected chi connectivity index (χ2v) is 4.86. The van der Waals surface area contributed by atoms with Crippen molar-refractivity contribution in [3.63, 3.8) is 0 Å². The van der Waals surface area contributed by atoms with Gasteiger partial charge >= 0.3 is 0 Å². The van der Waals surface area contributed by atoms with Crippen LogP contribution in [0.1, 0.15) is 58.3 Å². The second kappa shape index (κ2) is 8.12. The lowest BCUT2D eigenvalue weighted by molar-refractivity contribution is 0.114. The van der Waals surface area contributed by atoms with Gasteiger partial charge < -0.3 is 10.0 Å². The fourth-order valence-electron chi connectivity index (χ4n) is 2.34. The minimum Gasteiger partial charge on any atom is -0.392 e. The van der Waals surface area contributed by atoms with Gasteiger partial charge in [0.2, 0.25) is 0 Å². The maximum Gasteiger partial charge on any atom is 0.0667 e. The molecule has 0 aromatic carbocycles. The molecule has 0 aliphatic carbocycles. The summed E-state index contributed by atoms with van der Waals surface area (Å²) in [5, 5.41) is 9.82. The van der Waals surface area contributed by atoms with Gasteiger partial charge in [-0.3, -0.25) is 0 Å². The van der Waals surface area contributed by atoms with Crippen molar-refractivity contribution in [1.29, 1.82) is 0 Å². The van der Waals surface area contributed by atoms with E-state index in [2.05, 4.69) is 11.8 Å². The Bertz CT molecular complexity index is 143. The first-order chi connectivity index (χ1) is 7.33. The molecular formula is C13H27NO. The van der Waals surface area contributed by atoms with Crippen molar-refractivity contribution >= 4 is 0 Å². The Labute approximate surface area is 94.7 Å². The fourth-order valence-corrected chi connectivity index (χ4v) is 2.34. The lowest BCUT2D eigenvalue weighted by atomic mass is 10.1. The van der Waals surface area contributed by atoms with Crippen LogP contribution >= 0.6 is 0 Å². The summed E-state index contributed by atoms with van der Waals surface area (Å²) in [6.45, 7) is 5.55. The lowest BCUT2D eigenvalue weighted by Gasteiger charge is -2.19. The highest BCUT2D eigenvalue weighted by atomic mass is 16.3. The number of unbranched alkanes of at least 4 members (excludes halogenated alkanes) is 4. The predicted octanol–water partition coefficient (Wildman–Crippen LogP) is 2.80. The number of β-amino-alcohol motifs (C(OH)–C–C–N with tert-alkyl or cyclic N) is 1. The molecule has 1 saturated heterocycles. The molecule has 2 heteroatoms. The highest BCUT2D eigenvalue weighted by Gasteiger charge is 2.14. The molecule has 2 nitrogen and oxygen atoms in total. The average Bonchev–Trinajstić information content (AvgIpc) is 2.70. The summed E-state index contributed by atoms with van der Waals surface area (Å²) in [6.07, 6.45) is 10.1. The van der Waals surface area contributed by atoms with Crippen molar-refractivity contribution in [1.82, 2.24) is 4.90 Å². The molecule has 1 aliphatic rings. The van der Waals surface area contributed by atoms with Crippen LogP contribution in [0, 0.1) is 0 Å². The third-order valence-corrected chi connectivity index (χ3v) is 3.31. The molecule has 1 fully saturated rings. The number of rotatable bonds is 8. The second-order valence-electron chi connectivity index (χ2n) is 4.86. The van der Waals surface area contributed by atoms with Gasteiger partial charge in [0, 0.05) is 6.54 Å². The predicted molar refractivity (Wildman–Crippen MR) is 65.1 cm³/mol. The summed E-state index contributed by atoms with van der Waals surface area (Å²) in [4.78, 5) is 2.40. The molecule has 15 heavy (non-hydrogen) atoms. The zero-order valence-electron chi connectivity index (χ0n) is 10.2. The van der Waals surface area contributed by atoms with E-state index in [0.717, 1.165) is 13.0 Å². The molecule has 1 rings (SSSR count). The largest absolute Gasteiger partial charge is 0.392 e. The minimum atomic E-state index is -0.0790. The van der Waals surface area contributed by atoms with Crippen molar-refractivity contribution in [3.8, 4) is 0 Å². The van der Waals surface area contributed by atoms with Gasteiger partial charge in [-0.05, 0) is 32.4 Å². The highest BCUT2D eigenvalue weighted by Crippen LogP contribution is 2.11. The zero-order valence-corrected chi connectivity index (χ0v) is 10.2. The first kappa shape index (κ1) is 13.0. The summed E-state index contributed by atoms with van der Waals surface area (Å²) in [5.41, 5.74) is 0. The Morgan fingerprint density at radius 1 is 1.07 bits per heavy atom. The van der Waals surface area contributed by atoms with Gasteiger partial charge in [0.05, 0.1) is 6.10 Å². The number of hydrogen-bond donors (Lipinski definition) is 1. The van der Waals surface area contributed by atoms with Crippen LogP contribution in [-0.2, 0) is 0 Å². The molecule has 0 spiro atoms. The molecule has 1 N–H and O–H groups in total. The van der Waals surface area contributed by atoms with Crippen LogP contribution in [0.5, 0.6) is 0 Å². The molecule has 0 amide bonds. The maximum absolute atomic E-state index is 9.82. The molecule has 0 aromatic rings. The van der Waals surface area contributed by atoms with E-state index in [4.69, 9.17) is 0 Å². The summed E-state index contributed by atoms with van der Waals surface area (Å²) >= 11 is 0. The van der Waals surface area contributed by atoms with Crippen molar-refractivity contribution in [2.24, 2.45) is 0 Å². The first-order valence-corrected chi connectivity index (χ1v) is 6.73. The highest BCUT2D eigenvalue weighted by molar-refractivity contribution is 4.70. The Morgan fingerprint density at radius 3 is 2.40 bits per heavy atom. The Morgan fingerprint density at radius 2 is 1.73 bits per heavy atom. The standard InChI is InChI=1S/C13H27NO/c1-2-3-4-5-6-9-13(15)12-14-10-7-8-11-14/h13,15H,2-12H2,1H3/t13-/m1/s1. The lowest BCUT2D eigenvalue weighted by Crippen LogP contribution is -2.29. The number of likely N-dealkylation sites (tertiary alicyclic amines) is 1. The molecule has 0 saturated carbocycles. The van der Waals surface area contributed by atoms with Gasteiger partial charge in [-0.2, -0.15) is 0 Å². The van der Waals surface area contributed by atoms with Crippen LogP contribution in [0.3, 0.4) is 0 Å². The first-order valence-electron chi connectivity index (χ1n) is 6.73. The molecule has 90 valence electrons. The third kappa shape index (κ3) is 6.16. The van der Waals surface area contributed by atoms with E-state index < -0.39 is 0 Å². The van der Waals surface area contributed by atoms with E-state index in [9.17, 15) is 5.11 Å². The molecule has 0 unspecified atom stereocenters. The van der Waals surface area contributed by atoms with Crippen molar-refractivity contribution in [3.05, 3.63) is 0 Å². The van der Waals surface area contributed by atoms with Crippen LogP contribution in [0.2, 0.25) is 0 Å². The molecule has 1 heterocycles. The van der Waals surface area contributed by atoms with Gasteiger partial charge in [-0.15, -0.1) is 0 Å². The molecular weight excluding hydrogens is 186 g/mol. The summed E-state index contributed by atoms with van der Waals surface area (Å²) in [5.74, 6) is 0. The zero-order chi connectivity index (χ0) is 10.9. The van der Waals surface area contributed by atoms with E-state index in [1.165, 1.54) is 58.0 Å². The van der Waals surface area contributed by atoms with Crippen LogP contribution in [0.15, 0.2) is 0 Å². The van der Waals surface area contributed by atoms with E-state index in [-0.39, 0.29) is 6.10 Å². The monoisotopic (exact) mass is 213 g/mol. The van der Waals surface area contributed by atoms with Gasteiger partial charge in [0.15, 0.2) is 0 Å². The number of hydrogen-bond acceptors (Lipinski definition) is 2. The Kier molecular flexibility index (Phi) is 7.03. The smallest absolute Gasteiger partial charge is 0.0667 e. The summed E-state index contributed by atoms with van der Waals surface area (Å²) < 4.78 is 0. The third-order valence-electron chi connectivity index (χ3n) is 3.31. The molecule has 0 radical (unpaired) electrons. The fraction of sp³-hybridized carbons (Fsp3) is 1.00. The molecule has 0 bridgehead atoms. The van der Waals surface area contributed by atoms with Crippen molar-refractivity contribution in [2.45, 2.75) is 64.4 Å². The molecule has 1 atom stereocenters. The van der Waals surface area contributed by atoms with Gasteiger partial charge in [-0.25, -0.2) is 0 Å². The normalized spacial score (nSPS) is 19.6. The summed E-state index contributed by atoms with van der Waals surface area (Å²) in [7, 11) is 0. The maximum atomic E-state index is 9.82. The van der Waals surface area contributed by atoms with Crippen molar-refractivity contribution < 1.29 is 5.11 Å². The van der Waals surface area contributed by atoms with Crippen molar-refractivity contribution in [2.75, 3.05) is 19.6 Å². The summed E-state index contributed by atoms with van der Waals surface area (Å²) in [6, 6.07) is 0. The van der Waals surface area contributed by atoms with E-state index in [1.807, 2.05) is 0 Å². The van der Waals surface area contributed by atoms with E-state index in [1.54, 1.807) is 0 Å². The van der Waals surface area contributed by atoms with Crippen LogP contribution < -0.4 is 0 Å². The quantitative estimate of drug-likeness (QED) is 0.627. The number of aliphatic hydroxyl groups excluding tert-OH is 1. The molecule has 0 aromatic heterocycles. The van der Waals surface area contributed by atoms with Crippen LogP contribution in [0.4, 0.5) is 0 Å². The van der Waals surface area contributed by atoms with Gasteiger partial charge in [0.1, 0.15) is 0 Å². The molecule has 1 aliphatic heterocycles. The Balaban J connectivity index is 1.91. The van der Waals surface area contributed by atoms with Crippen LogP contribution in [-0.4, -0.2) is 35.7 Å². The van der Waals surface area contributed by atoms with E-state index in [0.29, 0.717) is 0 Å². The van der Waals surface area contributed by atoms with Crippen LogP contribution in [0.25, 0.3) is 0 Å². The van der Waals surface area contributed by atoms with E-state index >= 15 is 0 Å². The van der Waals surface area contributed by atoms with Gasteiger partial charge in [0.25, 0.3) is 0 Å². The Hall–Kier alpha value is -0.0800. The van der Waals surface area contributed by atoms with Gasteiger partial charge in [-0.1, -0.05) is 39.0 Å². The number of aliphatic hydroxyl groups is 1. The average molecular weight is 213 g/mol. The topological polar surface area (TPSA) is 23.5 Å².